The number of fused-ring (bicyclic) bond motifs is 1. The lowest BCUT2D eigenvalue weighted by Gasteiger charge is -2.19. The van der Waals surface area contributed by atoms with Crippen LogP contribution in [-0.2, 0) is 13.0 Å². The van der Waals surface area contributed by atoms with Crippen LogP contribution in [0.3, 0.4) is 0 Å². The molecule has 0 saturated heterocycles. The summed E-state index contributed by atoms with van der Waals surface area (Å²) in [6.07, 6.45) is 8.29. The molecule has 0 radical (unpaired) electrons. The molecule has 1 heterocycles. The molecule has 0 atom stereocenters. The second kappa shape index (κ2) is 14.2. The highest BCUT2D eigenvalue weighted by Crippen LogP contribution is 2.08. The molecule has 186 valence electrons. The van der Waals surface area contributed by atoms with E-state index in [0.29, 0.717) is 6.71 Å². The maximum atomic E-state index is 2.33. The zero-order valence-corrected chi connectivity index (χ0v) is 22.4. The number of aryl methyl sites for hydroxylation is 2. The first-order chi connectivity index (χ1) is 18.3. The number of hydrogen-bond donors (Lipinski definition) is 0. The normalized spacial score (nSPS) is 10.5. The Morgan fingerprint density at radius 2 is 1.14 bits per heavy atom. The molecule has 4 aromatic carbocycles. The lowest BCUT2D eigenvalue weighted by molar-refractivity contribution is -0.671. The third-order valence-electron chi connectivity index (χ3n) is 6.97. The van der Waals surface area contributed by atoms with Crippen molar-refractivity contribution in [3.63, 3.8) is 0 Å². The second-order valence-corrected chi connectivity index (χ2v) is 9.67. The summed E-state index contributed by atoms with van der Waals surface area (Å²) >= 11 is 0. The number of para-hydroxylation sites is 1. The lowest BCUT2D eigenvalue weighted by Crippen LogP contribution is -2.53. The molecule has 0 aliphatic carbocycles. The van der Waals surface area contributed by atoms with Crippen molar-refractivity contribution in [1.82, 2.24) is 0 Å². The molecule has 0 unspecified atom stereocenters. The lowest BCUT2D eigenvalue weighted by atomic mass is 9.36. The van der Waals surface area contributed by atoms with Crippen LogP contribution in [0, 0.1) is 0 Å². The number of nitrogens with zero attached hydrogens (tertiary/aromatic N) is 1. The minimum atomic E-state index is 0.311. The number of rotatable bonds is 9. The van der Waals surface area contributed by atoms with Crippen LogP contribution in [-0.4, -0.2) is 6.71 Å². The van der Waals surface area contributed by atoms with Gasteiger partial charge in [0, 0.05) is 23.9 Å². The Labute approximate surface area is 223 Å². The highest BCUT2D eigenvalue weighted by Gasteiger charge is 2.23. The van der Waals surface area contributed by atoms with E-state index in [1.807, 2.05) is 0 Å². The molecule has 37 heavy (non-hydrogen) atoms. The molecule has 2 heteroatoms. The van der Waals surface area contributed by atoms with Crippen molar-refractivity contribution in [3.05, 3.63) is 133 Å². The smallest absolute Gasteiger partial charge is 0.198 e. The first kappa shape index (κ1) is 26.4. The van der Waals surface area contributed by atoms with Crippen molar-refractivity contribution in [2.24, 2.45) is 0 Å². The molecule has 1 aromatic heterocycles. The molecule has 0 amide bonds. The molecule has 0 aliphatic heterocycles. The average Bonchev–Trinajstić information content (AvgIpc) is 2.97. The zero-order chi connectivity index (χ0) is 25.7. The number of benzene rings is 4. The maximum Gasteiger partial charge on any atom is 0.241 e. The molecular formula is C35H39BN+. The fourth-order valence-corrected chi connectivity index (χ4v) is 5.00. The van der Waals surface area contributed by atoms with E-state index in [0.717, 1.165) is 13.0 Å². The largest absolute Gasteiger partial charge is 0.241 e. The van der Waals surface area contributed by atoms with Gasteiger partial charge in [0.05, 0.1) is 0 Å². The van der Waals surface area contributed by atoms with Gasteiger partial charge < -0.3 is 0 Å². The third-order valence-corrected chi connectivity index (χ3v) is 6.97. The van der Waals surface area contributed by atoms with Gasteiger partial charge >= 0.3 is 0 Å². The summed E-state index contributed by atoms with van der Waals surface area (Å²) in [5.74, 6) is 0. The third kappa shape index (κ3) is 7.20. The standard InChI is InChI=1S/C22H23B.C13H16N/c1-2-3-12-19-13-10-11-18-22(19)23(20-14-6-4-7-15-20)21-16-8-5-9-17-21;1-2-3-10-14-11-6-8-12-7-4-5-9-13(12)14/h4-11,13-18H,2-3,12H2,1H3;4-9,11H,2-3,10H2,1H3/q;+1. The number of aromatic nitrogens is 1. The molecule has 0 saturated carbocycles. The molecule has 1 nitrogen and oxygen atoms in total. The van der Waals surface area contributed by atoms with Crippen molar-refractivity contribution < 1.29 is 4.57 Å². The van der Waals surface area contributed by atoms with Crippen LogP contribution in [0.2, 0.25) is 0 Å². The van der Waals surface area contributed by atoms with E-state index >= 15 is 0 Å². The number of unbranched alkanes of at least 4 members (excludes halogenated alkanes) is 2. The van der Waals surface area contributed by atoms with E-state index in [-0.39, 0.29) is 0 Å². The van der Waals surface area contributed by atoms with Gasteiger partial charge in [-0.1, -0.05) is 146 Å². The Morgan fingerprint density at radius 1 is 0.568 bits per heavy atom. The Bertz CT molecular complexity index is 1300. The Morgan fingerprint density at radius 3 is 1.81 bits per heavy atom. The summed E-state index contributed by atoms with van der Waals surface area (Å²) in [5.41, 5.74) is 6.99. The van der Waals surface area contributed by atoms with Gasteiger partial charge in [-0.05, 0) is 25.0 Å². The average molecular weight is 485 g/mol. The monoisotopic (exact) mass is 484 g/mol. The number of hydrogen-bond acceptors (Lipinski definition) is 0. The molecule has 5 rings (SSSR count). The molecule has 0 aliphatic rings. The molecule has 0 N–H and O–H groups in total. The van der Waals surface area contributed by atoms with Crippen LogP contribution in [0.15, 0.2) is 128 Å². The fraction of sp³-hybridized carbons (Fsp3) is 0.229. The van der Waals surface area contributed by atoms with Crippen molar-refractivity contribution in [1.29, 1.82) is 0 Å². The van der Waals surface area contributed by atoms with Gasteiger partial charge in [-0.25, -0.2) is 0 Å². The quantitative estimate of drug-likeness (QED) is 0.167. The van der Waals surface area contributed by atoms with Gasteiger partial charge in [-0.15, -0.1) is 0 Å². The van der Waals surface area contributed by atoms with E-state index < -0.39 is 0 Å². The Hall–Kier alpha value is -3.65. The first-order valence-electron chi connectivity index (χ1n) is 13.9. The van der Waals surface area contributed by atoms with Gasteiger partial charge in [0.15, 0.2) is 6.20 Å². The van der Waals surface area contributed by atoms with Gasteiger partial charge in [0.1, 0.15) is 6.54 Å². The Balaban J connectivity index is 0.000000195. The number of pyridine rings is 1. The predicted octanol–water partition coefficient (Wildman–Crippen LogP) is 6.47. The van der Waals surface area contributed by atoms with E-state index in [1.54, 1.807) is 0 Å². The molecular weight excluding hydrogens is 445 g/mol. The maximum absolute atomic E-state index is 2.33. The van der Waals surface area contributed by atoms with E-state index in [2.05, 4.69) is 146 Å². The summed E-state index contributed by atoms with van der Waals surface area (Å²) in [4.78, 5) is 0. The predicted molar refractivity (Wildman–Crippen MR) is 162 cm³/mol. The van der Waals surface area contributed by atoms with Crippen LogP contribution in [0.25, 0.3) is 10.9 Å². The minimum absolute atomic E-state index is 0.311. The van der Waals surface area contributed by atoms with Gasteiger partial charge in [0.25, 0.3) is 0 Å². The zero-order valence-electron chi connectivity index (χ0n) is 22.4. The minimum Gasteiger partial charge on any atom is -0.198 e. The van der Waals surface area contributed by atoms with Crippen LogP contribution in [0.5, 0.6) is 0 Å². The van der Waals surface area contributed by atoms with Gasteiger partial charge in [-0.2, -0.15) is 4.57 Å². The van der Waals surface area contributed by atoms with Crippen LogP contribution in [0.1, 0.15) is 45.1 Å². The van der Waals surface area contributed by atoms with Gasteiger partial charge in [0.2, 0.25) is 12.2 Å². The second-order valence-electron chi connectivity index (χ2n) is 9.67. The van der Waals surface area contributed by atoms with Crippen LogP contribution >= 0.6 is 0 Å². The topological polar surface area (TPSA) is 3.88 Å². The van der Waals surface area contributed by atoms with Crippen molar-refractivity contribution in [2.75, 3.05) is 0 Å². The molecule has 0 bridgehead atoms. The summed E-state index contributed by atoms with van der Waals surface area (Å²) in [6, 6.07) is 43.5. The van der Waals surface area contributed by atoms with Crippen molar-refractivity contribution in [2.45, 2.75) is 52.5 Å². The summed E-state index contributed by atoms with van der Waals surface area (Å²) in [5, 5.41) is 1.33. The van der Waals surface area contributed by atoms with Crippen molar-refractivity contribution in [3.8, 4) is 0 Å². The highest BCUT2D eigenvalue weighted by atomic mass is 14.9. The van der Waals surface area contributed by atoms with E-state index in [1.165, 1.54) is 58.5 Å². The van der Waals surface area contributed by atoms with Crippen LogP contribution < -0.4 is 21.0 Å². The molecule has 0 spiro atoms. The summed E-state index contributed by atoms with van der Waals surface area (Å²) in [7, 11) is 0. The first-order valence-corrected chi connectivity index (χ1v) is 13.9. The fourth-order valence-electron chi connectivity index (χ4n) is 5.00. The molecule has 5 aromatic rings. The summed E-state index contributed by atoms with van der Waals surface area (Å²) < 4.78 is 2.33. The highest BCUT2D eigenvalue weighted by molar-refractivity contribution is 6.95. The summed E-state index contributed by atoms with van der Waals surface area (Å²) in [6.45, 7) is 5.92. The van der Waals surface area contributed by atoms with Gasteiger partial charge in [-0.3, -0.25) is 0 Å². The Kier molecular flexibility index (Phi) is 10.1. The van der Waals surface area contributed by atoms with E-state index in [9.17, 15) is 0 Å². The van der Waals surface area contributed by atoms with Crippen molar-refractivity contribution >= 4 is 34.0 Å². The van der Waals surface area contributed by atoms with E-state index in [4.69, 9.17) is 0 Å². The SMILES string of the molecule is CCCC[n+]1cccc2ccccc21.CCCCc1ccccc1B(c1ccccc1)c1ccccc1. The van der Waals surface area contributed by atoms with Crippen LogP contribution in [0.4, 0.5) is 0 Å². The molecule has 0 fully saturated rings.